The van der Waals surface area contributed by atoms with Crippen molar-refractivity contribution < 1.29 is 8.78 Å². The first-order valence-electron chi connectivity index (χ1n) is 5.45. The molecule has 0 fully saturated rings. The van der Waals surface area contributed by atoms with Crippen molar-refractivity contribution in [2.45, 2.75) is 5.92 Å². The summed E-state index contributed by atoms with van der Waals surface area (Å²) >= 11 is 0. The summed E-state index contributed by atoms with van der Waals surface area (Å²) < 4.78 is 28.5. The molecule has 3 rings (SSSR count). The van der Waals surface area contributed by atoms with E-state index in [9.17, 15) is 8.78 Å². The topological polar surface area (TPSA) is 28.7 Å². The maximum absolute atomic E-state index is 14.3. The van der Waals surface area contributed by atoms with E-state index >= 15 is 0 Å². The quantitative estimate of drug-likeness (QED) is 0.733. The standard InChI is InChI=1S/C14H9F2N2/c15-14(16,12-2-1-6-17-9-12)11-4-3-10-5-7-18-13(10)8-11/h1-4,6-9,18H. The summed E-state index contributed by atoms with van der Waals surface area (Å²) in [6, 6.07) is 10.3. The Morgan fingerprint density at radius 3 is 2.83 bits per heavy atom. The van der Waals surface area contributed by atoms with Gasteiger partial charge in [0.05, 0.1) is 0 Å². The van der Waals surface area contributed by atoms with Gasteiger partial charge in [-0.1, -0.05) is 12.1 Å². The molecule has 0 aliphatic carbocycles. The highest BCUT2D eigenvalue weighted by molar-refractivity contribution is 5.79. The lowest BCUT2D eigenvalue weighted by molar-refractivity contribution is 0.0426. The molecule has 18 heavy (non-hydrogen) atoms. The van der Waals surface area contributed by atoms with Gasteiger partial charge in [0.1, 0.15) is 0 Å². The average molecular weight is 243 g/mol. The Morgan fingerprint density at radius 1 is 1.17 bits per heavy atom. The molecule has 3 aromatic rings. The molecule has 0 spiro atoms. The van der Waals surface area contributed by atoms with Crippen LogP contribution in [0.3, 0.4) is 0 Å². The van der Waals surface area contributed by atoms with Crippen LogP contribution in [0.15, 0.2) is 48.9 Å². The maximum atomic E-state index is 14.3. The molecular formula is C14H9F2N2. The van der Waals surface area contributed by atoms with Crippen LogP contribution < -0.4 is 0 Å². The minimum absolute atomic E-state index is 0.0566. The summed E-state index contributed by atoms with van der Waals surface area (Å²) in [6.45, 7) is 0. The Kier molecular flexibility index (Phi) is 2.37. The van der Waals surface area contributed by atoms with E-state index in [0.717, 1.165) is 5.39 Å². The fraction of sp³-hybridized carbons (Fsp3) is 0.0714. The summed E-state index contributed by atoms with van der Waals surface area (Å²) in [6.07, 6.45) is 4.27. The van der Waals surface area contributed by atoms with Gasteiger partial charge in [-0.3, -0.25) is 4.98 Å². The van der Waals surface area contributed by atoms with E-state index < -0.39 is 5.92 Å². The molecule has 2 aromatic heterocycles. The molecule has 0 unspecified atom stereocenters. The fourth-order valence-electron chi connectivity index (χ4n) is 1.89. The third-order valence-corrected chi connectivity index (χ3v) is 2.86. The second-order valence-electron chi connectivity index (χ2n) is 4.01. The molecule has 2 heterocycles. The van der Waals surface area contributed by atoms with Crippen LogP contribution in [0.25, 0.3) is 10.9 Å². The van der Waals surface area contributed by atoms with Crippen LogP contribution in [0.5, 0.6) is 0 Å². The third kappa shape index (κ3) is 1.66. The van der Waals surface area contributed by atoms with Gasteiger partial charge >= 0.3 is 0 Å². The molecule has 0 saturated carbocycles. The number of hydrogen-bond acceptors (Lipinski definition) is 1. The predicted molar refractivity (Wildman–Crippen MR) is 64.4 cm³/mol. The van der Waals surface area contributed by atoms with E-state index in [-0.39, 0.29) is 11.1 Å². The van der Waals surface area contributed by atoms with Crippen molar-refractivity contribution in [3.8, 4) is 0 Å². The van der Waals surface area contributed by atoms with E-state index in [2.05, 4.69) is 16.0 Å². The lowest BCUT2D eigenvalue weighted by Gasteiger charge is -2.16. The lowest BCUT2D eigenvalue weighted by Crippen LogP contribution is -2.15. The van der Waals surface area contributed by atoms with Crippen molar-refractivity contribution in [1.29, 1.82) is 0 Å². The maximum Gasteiger partial charge on any atom is 0.300 e. The van der Waals surface area contributed by atoms with Gasteiger partial charge in [0.15, 0.2) is 0 Å². The number of pyridine rings is 1. The largest absolute Gasteiger partial charge is 0.361 e. The fourth-order valence-corrected chi connectivity index (χ4v) is 1.89. The Labute approximate surface area is 102 Å². The lowest BCUT2D eigenvalue weighted by atomic mass is 10.0. The summed E-state index contributed by atoms with van der Waals surface area (Å²) in [5.41, 5.74) is 0.481. The van der Waals surface area contributed by atoms with Crippen molar-refractivity contribution in [1.82, 2.24) is 9.97 Å². The van der Waals surface area contributed by atoms with E-state index in [4.69, 9.17) is 0 Å². The van der Waals surface area contributed by atoms with Gasteiger partial charge in [0.2, 0.25) is 0 Å². The molecule has 4 heteroatoms. The minimum atomic E-state index is -3.05. The number of aromatic amines is 1. The number of H-pyrrole nitrogens is 1. The number of fused-ring (bicyclic) bond motifs is 1. The highest BCUT2D eigenvalue weighted by Gasteiger charge is 2.34. The third-order valence-electron chi connectivity index (χ3n) is 2.86. The molecule has 0 aliphatic rings. The predicted octanol–water partition coefficient (Wildman–Crippen LogP) is 3.50. The minimum Gasteiger partial charge on any atom is -0.361 e. The second kappa shape index (κ2) is 3.91. The summed E-state index contributed by atoms with van der Waals surface area (Å²) in [7, 11) is 0. The number of hydrogen-bond donors (Lipinski definition) is 1. The number of halogens is 2. The van der Waals surface area contributed by atoms with E-state index in [1.807, 2.05) is 0 Å². The molecule has 0 saturated heterocycles. The summed E-state index contributed by atoms with van der Waals surface area (Å²) in [5, 5.41) is 0.792. The van der Waals surface area contributed by atoms with Gasteiger partial charge in [-0.15, -0.1) is 0 Å². The highest BCUT2D eigenvalue weighted by atomic mass is 19.3. The van der Waals surface area contributed by atoms with Crippen LogP contribution in [0.2, 0.25) is 0 Å². The first-order chi connectivity index (χ1) is 8.68. The van der Waals surface area contributed by atoms with Crippen molar-refractivity contribution in [3.63, 3.8) is 0 Å². The van der Waals surface area contributed by atoms with Crippen LogP contribution in [0, 0.1) is 6.07 Å². The van der Waals surface area contributed by atoms with Crippen molar-refractivity contribution >= 4 is 10.9 Å². The molecule has 2 nitrogen and oxygen atoms in total. The number of aromatic nitrogens is 2. The Bertz CT molecular complexity index is 674. The van der Waals surface area contributed by atoms with E-state index in [0.29, 0.717) is 5.52 Å². The molecule has 1 N–H and O–H groups in total. The Hall–Kier alpha value is -2.23. The van der Waals surface area contributed by atoms with Crippen molar-refractivity contribution in [2.24, 2.45) is 0 Å². The molecule has 0 atom stereocenters. The molecule has 0 aliphatic heterocycles. The van der Waals surface area contributed by atoms with Crippen LogP contribution in [0.1, 0.15) is 11.1 Å². The summed E-state index contributed by atoms with van der Waals surface area (Å²) in [5.74, 6) is -3.05. The smallest absolute Gasteiger partial charge is 0.300 e. The molecular weight excluding hydrogens is 234 g/mol. The monoisotopic (exact) mass is 243 g/mol. The average Bonchev–Trinajstić information content (AvgIpc) is 2.87. The van der Waals surface area contributed by atoms with E-state index in [1.54, 1.807) is 12.3 Å². The van der Waals surface area contributed by atoms with E-state index in [1.165, 1.54) is 36.7 Å². The molecule has 89 valence electrons. The van der Waals surface area contributed by atoms with Crippen molar-refractivity contribution in [3.05, 3.63) is 66.1 Å². The van der Waals surface area contributed by atoms with Crippen LogP contribution in [0.4, 0.5) is 8.78 Å². The first-order valence-corrected chi connectivity index (χ1v) is 5.45. The van der Waals surface area contributed by atoms with Gasteiger partial charge in [-0.05, 0) is 18.2 Å². The van der Waals surface area contributed by atoms with Gasteiger partial charge < -0.3 is 4.98 Å². The summed E-state index contributed by atoms with van der Waals surface area (Å²) in [4.78, 5) is 6.61. The second-order valence-corrected chi connectivity index (χ2v) is 4.01. The molecule has 1 radical (unpaired) electrons. The Balaban J connectivity index is 2.12. The van der Waals surface area contributed by atoms with Crippen LogP contribution in [-0.4, -0.2) is 9.97 Å². The SMILES string of the molecule is FC(F)(c1cccnc1)c1ccc2[c]c[nH]c2c1. The molecule has 1 aromatic carbocycles. The molecule has 0 bridgehead atoms. The number of nitrogens with zero attached hydrogens (tertiary/aromatic N) is 1. The van der Waals surface area contributed by atoms with Crippen LogP contribution in [-0.2, 0) is 5.92 Å². The normalized spacial score (nSPS) is 11.9. The van der Waals surface area contributed by atoms with Crippen molar-refractivity contribution in [2.75, 3.05) is 0 Å². The van der Waals surface area contributed by atoms with Gasteiger partial charge in [0, 0.05) is 46.7 Å². The van der Waals surface area contributed by atoms with Gasteiger partial charge in [-0.25, -0.2) is 0 Å². The zero-order valence-electron chi connectivity index (χ0n) is 9.32. The zero-order chi connectivity index (χ0) is 12.6. The van der Waals surface area contributed by atoms with Gasteiger partial charge in [0.25, 0.3) is 5.92 Å². The van der Waals surface area contributed by atoms with Crippen LogP contribution >= 0.6 is 0 Å². The Morgan fingerprint density at radius 2 is 2.06 bits per heavy atom. The number of nitrogens with one attached hydrogen (secondary N) is 1. The number of benzene rings is 1. The molecule has 0 amide bonds. The first kappa shape index (κ1) is 10.9. The zero-order valence-corrected chi connectivity index (χ0v) is 9.32. The number of alkyl halides is 2. The van der Waals surface area contributed by atoms with Gasteiger partial charge in [-0.2, -0.15) is 8.78 Å². The number of rotatable bonds is 2. The highest BCUT2D eigenvalue weighted by Crippen LogP contribution is 2.36.